The Kier molecular flexibility index (Phi) is 1.50. The third-order valence-corrected chi connectivity index (χ3v) is 5.02. The van der Waals surface area contributed by atoms with Crippen LogP contribution in [0.4, 0.5) is 5.69 Å². The van der Waals surface area contributed by atoms with Gasteiger partial charge >= 0.3 is 0 Å². The fourth-order valence-corrected chi connectivity index (χ4v) is 3.88. The minimum atomic E-state index is 0.715. The van der Waals surface area contributed by atoms with Gasteiger partial charge in [-0.15, -0.1) is 0 Å². The molecule has 2 aliphatic carbocycles. The summed E-state index contributed by atoms with van der Waals surface area (Å²) in [6.07, 6.45) is 4.42. The average molecular weight is 213 g/mol. The molecule has 2 fully saturated rings. The summed E-state index contributed by atoms with van der Waals surface area (Å²) in [6.45, 7) is 3.50. The SMILES string of the molecule is Cc1ccc2c(c1)N(C)CC1(CC1)[C@@H]1C[C@H]21. The highest BCUT2D eigenvalue weighted by molar-refractivity contribution is 5.60. The number of fused-ring (bicyclic) bond motifs is 4. The molecule has 1 aromatic carbocycles. The van der Waals surface area contributed by atoms with Crippen LogP contribution in [0.3, 0.4) is 0 Å². The summed E-state index contributed by atoms with van der Waals surface area (Å²) in [5, 5.41) is 0. The molecule has 0 saturated heterocycles. The fraction of sp³-hybridized carbons (Fsp3) is 0.600. The Morgan fingerprint density at radius 2 is 2.12 bits per heavy atom. The number of benzene rings is 1. The number of hydrogen-bond donors (Lipinski definition) is 0. The van der Waals surface area contributed by atoms with E-state index in [1.165, 1.54) is 37.1 Å². The van der Waals surface area contributed by atoms with Crippen molar-refractivity contribution in [1.29, 1.82) is 0 Å². The van der Waals surface area contributed by atoms with Crippen molar-refractivity contribution in [2.24, 2.45) is 11.3 Å². The van der Waals surface area contributed by atoms with Crippen molar-refractivity contribution in [1.82, 2.24) is 0 Å². The van der Waals surface area contributed by atoms with E-state index in [1.54, 1.807) is 5.56 Å². The van der Waals surface area contributed by atoms with Crippen molar-refractivity contribution in [2.75, 3.05) is 18.5 Å². The first-order valence-electron chi connectivity index (χ1n) is 6.51. The second-order valence-electron chi connectivity index (χ2n) is 6.23. The lowest BCUT2D eigenvalue weighted by atomic mass is 9.98. The highest BCUT2D eigenvalue weighted by atomic mass is 15.1. The maximum atomic E-state index is 2.52. The van der Waals surface area contributed by atoms with Crippen LogP contribution in [0.1, 0.15) is 36.3 Å². The van der Waals surface area contributed by atoms with Gasteiger partial charge in [0.25, 0.3) is 0 Å². The van der Waals surface area contributed by atoms with Gasteiger partial charge in [0.2, 0.25) is 0 Å². The molecular formula is C15H19N. The Bertz CT molecular complexity index is 459. The van der Waals surface area contributed by atoms with Gasteiger partial charge in [0.05, 0.1) is 0 Å². The number of rotatable bonds is 0. The molecule has 0 unspecified atom stereocenters. The fourth-order valence-electron chi connectivity index (χ4n) is 3.88. The lowest BCUT2D eigenvalue weighted by Gasteiger charge is -2.25. The average Bonchev–Trinajstić information content (AvgIpc) is 3.09. The Labute approximate surface area is 97.5 Å². The summed E-state index contributed by atoms with van der Waals surface area (Å²) >= 11 is 0. The minimum absolute atomic E-state index is 0.715. The lowest BCUT2D eigenvalue weighted by molar-refractivity contribution is 0.442. The van der Waals surface area contributed by atoms with E-state index in [-0.39, 0.29) is 0 Å². The van der Waals surface area contributed by atoms with Crippen LogP contribution in [0.5, 0.6) is 0 Å². The topological polar surface area (TPSA) is 3.24 Å². The smallest absolute Gasteiger partial charge is 0.0401 e. The zero-order chi connectivity index (χ0) is 10.9. The predicted octanol–water partition coefficient (Wildman–Crippen LogP) is 3.33. The molecule has 4 rings (SSSR count). The van der Waals surface area contributed by atoms with Crippen molar-refractivity contribution in [3.8, 4) is 0 Å². The van der Waals surface area contributed by atoms with Gasteiger partial charge in [0.1, 0.15) is 0 Å². The van der Waals surface area contributed by atoms with Crippen LogP contribution < -0.4 is 4.90 Å². The van der Waals surface area contributed by atoms with E-state index in [0.717, 1.165) is 11.8 Å². The first kappa shape index (κ1) is 9.09. The Morgan fingerprint density at radius 3 is 2.88 bits per heavy atom. The second-order valence-corrected chi connectivity index (χ2v) is 6.23. The van der Waals surface area contributed by atoms with Crippen molar-refractivity contribution in [3.05, 3.63) is 29.3 Å². The van der Waals surface area contributed by atoms with Crippen LogP contribution in [0.25, 0.3) is 0 Å². The van der Waals surface area contributed by atoms with E-state index in [0.29, 0.717) is 5.41 Å². The van der Waals surface area contributed by atoms with E-state index in [1.807, 2.05) is 0 Å². The zero-order valence-corrected chi connectivity index (χ0v) is 10.2. The number of nitrogens with zero attached hydrogens (tertiary/aromatic N) is 1. The molecule has 84 valence electrons. The largest absolute Gasteiger partial charge is 0.374 e. The minimum Gasteiger partial charge on any atom is -0.374 e. The molecule has 1 spiro atoms. The number of hydrogen-bond acceptors (Lipinski definition) is 1. The molecule has 16 heavy (non-hydrogen) atoms. The molecule has 2 saturated carbocycles. The van der Waals surface area contributed by atoms with Gasteiger partial charge in [0, 0.05) is 19.3 Å². The third kappa shape index (κ3) is 1.07. The molecule has 1 heteroatoms. The molecule has 0 aromatic heterocycles. The third-order valence-electron chi connectivity index (χ3n) is 5.02. The molecule has 0 bridgehead atoms. The summed E-state index contributed by atoms with van der Waals surface area (Å²) in [4.78, 5) is 2.52. The van der Waals surface area contributed by atoms with Crippen molar-refractivity contribution >= 4 is 5.69 Å². The predicted molar refractivity (Wildman–Crippen MR) is 67.0 cm³/mol. The zero-order valence-electron chi connectivity index (χ0n) is 10.2. The summed E-state index contributed by atoms with van der Waals surface area (Å²) < 4.78 is 0. The van der Waals surface area contributed by atoms with Gasteiger partial charge in [-0.2, -0.15) is 0 Å². The van der Waals surface area contributed by atoms with Crippen LogP contribution in [-0.2, 0) is 0 Å². The quantitative estimate of drug-likeness (QED) is 0.639. The summed E-state index contributed by atoms with van der Waals surface area (Å²) in [5.41, 5.74) is 5.25. The van der Waals surface area contributed by atoms with Gasteiger partial charge in [0.15, 0.2) is 0 Å². The Hall–Kier alpha value is -0.980. The lowest BCUT2D eigenvalue weighted by Crippen LogP contribution is -2.26. The molecule has 0 amide bonds. The van der Waals surface area contributed by atoms with Gasteiger partial charge in [-0.3, -0.25) is 0 Å². The molecule has 1 aromatic rings. The first-order valence-corrected chi connectivity index (χ1v) is 6.51. The van der Waals surface area contributed by atoms with Gasteiger partial charge in [-0.1, -0.05) is 12.1 Å². The Balaban J connectivity index is 1.84. The maximum absolute atomic E-state index is 2.52. The van der Waals surface area contributed by atoms with Crippen LogP contribution in [0, 0.1) is 18.3 Å². The molecule has 1 heterocycles. The number of aryl methyl sites for hydroxylation is 1. The standard InChI is InChI=1S/C15H19N/c1-10-3-4-11-12-8-13(12)15(5-6-15)9-16(2)14(11)7-10/h3-4,7,12-13H,5-6,8-9H2,1-2H3/t12-,13-/m1/s1. The molecule has 0 radical (unpaired) electrons. The molecule has 2 atom stereocenters. The second kappa shape index (κ2) is 2.64. The van der Waals surface area contributed by atoms with Gasteiger partial charge < -0.3 is 4.90 Å². The van der Waals surface area contributed by atoms with Gasteiger partial charge in [-0.05, 0) is 60.6 Å². The molecule has 1 nitrogen and oxygen atoms in total. The summed E-state index contributed by atoms with van der Waals surface area (Å²) in [5.74, 6) is 1.90. The van der Waals surface area contributed by atoms with Gasteiger partial charge in [-0.25, -0.2) is 0 Å². The van der Waals surface area contributed by atoms with E-state index in [2.05, 4.69) is 37.1 Å². The molecule has 1 aliphatic heterocycles. The van der Waals surface area contributed by atoms with E-state index in [9.17, 15) is 0 Å². The monoisotopic (exact) mass is 213 g/mol. The van der Waals surface area contributed by atoms with E-state index < -0.39 is 0 Å². The maximum Gasteiger partial charge on any atom is 0.0401 e. The Morgan fingerprint density at radius 1 is 1.31 bits per heavy atom. The van der Waals surface area contributed by atoms with Crippen molar-refractivity contribution in [2.45, 2.75) is 32.1 Å². The number of anilines is 1. The van der Waals surface area contributed by atoms with Crippen LogP contribution in [0.15, 0.2) is 18.2 Å². The molecule has 0 N–H and O–H groups in total. The molecule has 3 aliphatic rings. The van der Waals surface area contributed by atoms with E-state index in [4.69, 9.17) is 0 Å². The van der Waals surface area contributed by atoms with E-state index >= 15 is 0 Å². The highest BCUT2D eigenvalue weighted by Gasteiger charge is 2.61. The highest BCUT2D eigenvalue weighted by Crippen LogP contribution is 2.70. The van der Waals surface area contributed by atoms with Crippen molar-refractivity contribution in [3.63, 3.8) is 0 Å². The summed E-state index contributed by atoms with van der Waals surface area (Å²) in [6, 6.07) is 7.05. The molecular weight excluding hydrogens is 194 g/mol. The van der Waals surface area contributed by atoms with Crippen molar-refractivity contribution < 1.29 is 0 Å². The summed E-state index contributed by atoms with van der Waals surface area (Å²) in [7, 11) is 2.28. The first-order chi connectivity index (χ1) is 7.70. The normalized spacial score (nSPS) is 33.0. The van der Waals surface area contributed by atoms with Crippen LogP contribution in [-0.4, -0.2) is 13.6 Å². The van der Waals surface area contributed by atoms with Crippen LogP contribution in [0.2, 0.25) is 0 Å². The van der Waals surface area contributed by atoms with Crippen LogP contribution >= 0.6 is 0 Å².